The van der Waals surface area contributed by atoms with Crippen molar-refractivity contribution in [3.05, 3.63) is 10.2 Å². The van der Waals surface area contributed by atoms with Crippen LogP contribution in [0.1, 0.15) is 38.3 Å². The molecule has 7 heteroatoms. The highest BCUT2D eigenvalue weighted by atomic mass is 35.5. The summed E-state index contributed by atoms with van der Waals surface area (Å²) in [6, 6.07) is 0.0408. The summed E-state index contributed by atoms with van der Waals surface area (Å²) in [4.78, 5) is 3.95. The van der Waals surface area contributed by atoms with E-state index >= 15 is 0 Å². The van der Waals surface area contributed by atoms with Gasteiger partial charge in [-0.1, -0.05) is 42.7 Å². The molecule has 0 radical (unpaired) electrons. The molecule has 2 unspecified atom stereocenters. The monoisotopic (exact) mass is 308 g/mol. The van der Waals surface area contributed by atoms with Crippen LogP contribution in [-0.2, 0) is 10.0 Å². The lowest BCUT2D eigenvalue weighted by molar-refractivity contribution is 0.327. The first-order valence-corrected chi connectivity index (χ1v) is 8.71. The second-order valence-corrected chi connectivity index (χ2v) is 8.42. The summed E-state index contributed by atoms with van der Waals surface area (Å²) in [5, 5.41) is 0. The maximum Gasteiger partial charge on any atom is 0.252 e. The van der Waals surface area contributed by atoms with Crippen LogP contribution in [0.2, 0.25) is 4.47 Å². The maximum atomic E-state index is 12.2. The highest BCUT2D eigenvalue weighted by molar-refractivity contribution is 7.91. The zero-order valence-corrected chi connectivity index (χ0v) is 12.8. The number of thiazole rings is 1. The minimum atomic E-state index is -3.47. The third-order valence-electron chi connectivity index (χ3n) is 3.23. The third kappa shape index (κ3) is 3.23. The summed E-state index contributed by atoms with van der Waals surface area (Å²) < 4.78 is 27.8. The summed E-state index contributed by atoms with van der Waals surface area (Å²) in [5.41, 5.74) is 0.473. The van der Waals surface area contributed by atoms with E-state index in [9.17, 15) is 8.42 Å². The van der Waals surface area contributed by atoms with Gasteiger partial charge in [0.2, 0.25) is 0 Å². The Bertz CT molecular complexity index is 527. The van der Waals surface area contributed by atoms with Crippen LogP contribution in [-0.4, -0.2) is 19.4 Å². The lowest BCUT2D eigenvalue weighted by Crippen LogP contribution is -2.37. The normalized spacial score (nSPS) is 25.3. The number of sulfonamides is 1. The van der Waals surface area contributed by atoms with Gasteiger partial charge in [0.05, 0.1) is 5.69 Å². The van der Waals surface area contributed by atoms with Gasteiger partial charge in [0.1, 0.15) is 0 Å². The molecular weight excluding hydrogens is 292 g/mol. The fourth-order valence-corrected chi connectivity index (χ4v) is 5.45. The summed E-state index contributed by atoms with van der Waals surface area (Å²) in [6.07, 6.45) is 4.08. The van der Waals surface area contributed by atoms with Crippen LogP contribution in [0.3, 0.4) is 0 Å². The topological polar surface area (TPSA) is 59.1 Å². The van der Waals surface area contributed by atoms with Crippen molar-refractivity contribution in [1.82, 2.24) is 9.71 Å². The lowest BCUT2D eigenvalue weighted by atomic mass is 9.88. The van der Waals surface area contributed by atoms with Gasteiger partial charge < -0.3 is 0 Å². The Hall–Kier alpha value is -0.170. The van der Waals surface area contributed by atoms with E-state index in [1.54, 1.807) is 6.92 Å². The van der Waals surface area contributed by atoms with E-state index < -0.39 is 10.0 Å². The molecule has 18 heavy (non-hydrogen) atoms. The Morgan fingerprint density at radius 2 is 2.17 bits per heavy atom. The summed E-state index contributed by atoms with van der Waals surface area (Å²) in [7, 11) is -3.47. The van der Waals surface area contributed by atoms with Crippen LogP contribution >= 0.6 is 22.9 Å². The number of nitrogens with zero attached hydrogens (tertiary/aromatic N) is 1. The van der Waals surface area contributed by atoms with E-state index in [-0.39, 0.29) is 14.7 Å². The van der Waals surface area contributed by atoms with Gasteiger partial charge in [0.15, 0.2) is 8.68 Å². The second-order valence-electron chi connectivity index (χ2n) is 4.93. The van der Waals surface area contributed by atoms with Gasteiger partial charge in [-0.25, -0.2) is 18.1 Å². The summed E-state index contributed by atoms with van der Waals surface area (Å²) in [5.74, 6) is 0.581. The number of aryl methyl sites for hydroxylation is 1. The van der Waals surface area contributed by atoms with E-state index in [1.165, 1.54) is 6.42 Å². The Morgan fingerprint density at radius 1 is 1.44 bits per heavy atom. The molecule has 1 fully saturated rings. The predicted molar refractivity (Wildman–Crippen MR) is 73.6 cm³/mol. The van der Waals surface area contributed by atoms with Crippen LogP contribution in [0.25, 0.3) is 0 Å². The number of hydrogen-bond donors (Lipinski definition) is 1. The fourth-order valence-electron chi connectivity index (χ4n) is 2.41. The molecule has 102 valence electrons. The Labute approximate surface area is 117 Å². The van der Waals surface area contributed by atoms with Gasteiger partial charge in [-0.3, -0.25) is 0 Å². The Kier molecular flexibility index (Phi) is 4.31. The molecule has 2 atom stereocenters. The highest BCUT2D eigenvalue weighted by Crippen LogP contribution is 2.29. The minimum absolute atomic E-state index is 0.0408. The van der Waals surface area contributed by atoms with Crippen molar-refractivity contribution in [1.29, 1.82) is 0 Å². The van der Waals surface area contributed by atoms with E-state index in [4.69, 9.17) is 11.6 Å². The molecule has 1 aromatic rings. The van der Waals surface area contributed by atoms with Crippen molar-refractivity contribution >= 4 is 33.0 Å². The average molecular weight is 309 g/mol. The molecule has 1 aliphatic carbocycles. The van der Waals surface area contributed by atoms with Gasteiger partial charge in [0, 0.05) is 6.04 Å². The molecule has 1 aliphatic rings. The highest BCUT2D eigenvalue weighted by Gasteiger charge is 2.27. The molecular formula is C11H17ClN2O2S2. The number of rotatable bonds is 3. The largest absolute Gasteiger partial charge is 0.252 e. The standard InChI is InChI=1S/C11H17ClN2O2S2/c1-7-4-3-5-9(6-7)14-18(15,16)10-8(2)13-11(12)17-10/h7,9,14H,3-6H2,1-2H3. The molecule has 0 amide bonds. The summed E-state index contributed by atoms with van der Waals surface area (Å²) in [6.45, 7) is 3.83. The smallest absolute Gasteiger partial charge is 0.229 e. The number of aromatic nitrogens is 1. The summed E-state index contributed by atoms with van der Waals surface area (Å²) >= 11 is 6.77. The van der Waals surface area contributed by atoms with Gasteiger partial charge in [-0.15, -0.1) is 0 Å². The molecule has 0 saturated heterocycles. The van der Waals surface area contributed by atoms with E-state index in [2.05, 4.69) is 16.6 Å². The first kappa shape index (κ1) is 14.2. The molecule has 1 aromatic heterocycles. The first-order valence-electron chi connectivity index (χ1n) is 6.04. The van der Waals surface area contributed by atoms with Crippen molar-refractivity contribution in [3.63, 3.8) is 0 Å². The van der Waals surface area contributed by atoms with E-state index in [0.29, 0.717) is 11.6 Å². The molecule has 0 aliphatic heterocycles. The Balaban J connectivity index is 2.14. The van der Waals surface area contributed by atoms with Gasteiger partial charge in [0.25, 0.3) is 10.0 Å². The van der Waals surface area contributed by atoms with Crippen molar-refractivity contribution in [2.24, 2.45) is 5.92 Å². The van der Waals surface area contributed by atoms with Crippen LogP contribution in [0.4, 0.5) is 0 Å². The quantitative estimate of drug-likeness (QED) is 0.934. The molecule has 1 heterocycles. The van der Waals surface area contributed by atoms with Crippen LogP contribution in [0.5, 0.6) is 0 Å². The van der Waals surface area contributed by atoms with Crippen molar-refractivity contribution in [3.8, 4) is 0 Å². The van der Waals surface area contributed by atoms with Crippen molar-refractivity contribution in [2.45, 2.75) is 49.8 Å². The van der Waals surface area contributed by atoms with E-state index in [1.807, 2.05) is 0 Å². The van der Waals surface area contributed by atoms with Crippen molar-refractivity contribution < 1.29 is 8.42 Å². The Morgan fingerprint density at radius 3 is 2.72 bits per heavy atom. The first-order chi connectivity index (χ1) is 8.38. The molecule has 1 N–H and O–H groups in total. The zero-order valence-electron chi connectivity index (χ0n) is 10.4. The second kappa shape index (κ2) is 5.45. The molecule has 0 bridgehead atoms. The average Bonchev–Trinajstić information content (AvgIpc) is 2.58. The molecule has 0 aromatic carbocycles. The number of nitrogens with one attached hydrogen (secondary N) is 1. The fraction of sp³-hybridized carbons (Fsp3) is 0.727. The van der Waals surface area contributed by atoms with Crippen LogP contribution in [0, 0.1) is 12.8 Å². The van der Waals surface area contributed by atoms with Gasteiger partial charge in [-0.05, 0) is 25.7 Å². The predicted octanol–water partition coefficient (Wildman–Crippen LogP) is 2.96. The molecule has 1 saturated carbocycles. The number of hydrogen-bond acceptors (Lipinski definition) is 4. The lowest BCUT2D eigenvalue weighted by Gasteiger charge is -2.27. The third-order valence-corrected chi connectivity index (χ3v) is 6.62. The minimum Gasteiger partial charge on any atom is -0.229 e. The molecule has 2 rings (SSSR count). The van der Waals surface area contributed by atoms with Gasteiger partial charge >= 0.3 is 0 Å². The van der Waals surface area contributed by atoms with E-state index in [0.717, 1.165) is 30.6 Å². The molecule has 4 nitrogen and oxygen atoms in total. The van der Waals surface area contributed by atoms with Crippen LogP contribution in [0.15, 0.2) is 4.21 Å². The van der Waals surface area contributed by atoms with Gasteiger partial charge in [-0.2, -0.15) is 0 Å². The van der Waals surface area contributed by atoms with Crippen LogP contribution < -0.4 is 4.72 Å². The number of halogens is 1. The molecule has 0 spiro atoms. The van der Waals surface area contributed by atoms with Crippen molar-refractivity contribution in [2.75, 3.05) is 0 Å². The SMILES string of the molecule is Cc1nc(Cl)sc1S(=O)(=O)NC1CCCC(C)C1. The zero-order chi connectivity index (χ0) is 13.3. The maximum absolute atomic E-state index is 12.2.